The van der Waals surface area contributed by atoms with Gasteiger partial charge in [-0.25, -0.2) is 4.98 Å². The van der Waals surface area contributed by atoms with E-state index in [1.807, 2.05) is 23.9 Å². The summed E-state index contributed by atoms with van der Waals surface area (Å²) in [6.07, 6.45) is 4.15. The van der Waals surface area contributed by atoms with Crippen molar-refractivity contribution in [1.82, 2.24) is 10.3 Å². The summed E-state index contributed by atoms with van der Waals surface area (Å²) in [6, 6.07) is 4.07. The minimum atomic E-state index is 0.0270. The first-order chi connectivity index (χ1) is 10.2. The highest BCUT2D eigenvalue weighted by molar-refractivity contribution is 7.99. The van der Waals surface area contributed by atoms with Gasteiger partial charge in [-0.1, -0.05) is 13.8 Å². The molecule has 1 amide bonds. The van der Waals surface area contributed by atoms with Gasteiger partial charge in [-0.3, -0.25) is 4.79 Å². The number of anilines is 1. The summed E-state index contributed by atoms with van der Waals surface area (Å²) in [6.45, 7) is 5.05. The zero-order valence-electron chi connectivity index (χ0n) is 12.9. The van der Waals surface area contributed by atoms with Crippen LogP contribution in [0.15, 0.2) is 12.1 Å². The monoisotopic (exact) mass is 307 g/mol. The predicted molar refractivity (Wildman–Crippen MR) is 90.2 cm³/mol. The van der Waals surface area contributed by atoms with Gasteiger partial charge in [-0.05, 0) is 43.6 Å². The summed E-state index contributed by atoms with van der Waals surface area (Å²) in [5.74, 6) is 3.07. The molecular formula is C16H25N3OS. The van der Waals surface area contributed by atoms with Gasteiger partial charge in [-0.15, -0.1) is 0 Å². The zero-order chi connectivity index (χ0) is 15.1. The topological polar surface area (TPSA) is 54.0 Å². The van der Waals surface area contributed by atoms with Gasteiger partial charge in [0.2, 0.25) is 0 Å². The number of hydrogen-bond acceptors (Lipinski definition) is 4. The molecule has 2 heterocycles. The molecule has 1 aliphatic rings. The zero-order valence-corrected chi connectivity index (χ0v) is 13.8. The van der Waals surface area contributed by atoms with Crippen LogP contribution < -0.4 is 10.6 Å². The van der Waals surface area contributed by atoms with Gasteiger partial charge in [0.15, 0.2) is 0 Å². The lowest BCUT2D eigenvalue weighted by molar-refractivity contribution is 0.0938. The van der Waals surface area contributed by atoms with Crippen LogP contribution in [0.2, 0.25) is 0 Å². The molecule has 0 aromatic carbocycles. The fourth-order valence-electron chi connectivity index (χ4n) is 2.37. The molecule has 21 heavy (non-hydrogen) atoms. The van der Waals surface area contributed by atoms with Crippen LogP contribution in [-0.4, -0.2) is 35.0 Å². The Bertz CT molecular complexity index is 473. The third kappa shape index (κ3) is 4.92. The molecule has 1 aromatic rings. The van der Waals surface area contributed by atoms with Crippen molar-refractivity contribution in [2.75, 3.05) is 23.4 Å². The maximum absolute atomic E-state index is 12.4. The second kappa shape index (κ2) is 8.27. The summed E-state index contributed by atoms with van der Waals surface area (Å²) in [7, 11) is 0. The largest absolute Gasteiger partial charge is 0.370 e. The van der Waals surface area contributed by atoms with Crippen molar-refractivity contribution in [2.24, 2.45) is 0 Å². The van der Waals surface area contributed by atoms with E-state index in [1.165, 1.54) is 12.2 Å². The molecule has 2 rings (SSSR count). The number of pyridine rings is 1. The molecule has 4 nitrogen and oxygen atoms in total. The predicted octanol–water partition coefficient (Wildman–Crippen LogP) is 3.09. The standard InChI is InChI=1S/C16H25N3OS/c1-3-7-17-15-10-12(9-13(4-2)18-15)16(20)19-14-6-5-8-21-11-14/h9-10,14H,3-8,11H2,1-2H3,(H,17,18)(H,19,20). The maximum Gasteiger partial charge on any atom is 0.251 e. The van der Waals surface area contributed by atoms with Gasteiger partial charge in [-0.2, -0.15) is 11.8 Å². The Hall–Kier alpha value is -1.23. The average molecular weight is 307 g/mol. The number of carbonyl (C=O) groups is 1. The average Bonchev–Trinajstić information content (AvgIpc) is 2.53. The van der Waals surface area contributed by atoms with Gasteiger partial charge in [0.05, 0.1) is 0 Å². The molecule has 1 saturated heterocycles. The van der Waals surface area contributed by atoms with Crippen molar-refractivity contribution in [2.45, 2.75) is 45.6 Å². The van der Waals surface area contributed by atoms with Gasteiger partial charge in [0.25, 0.3) is 5.91 Å². The molecule has 0 aliphatic carbocycles. The van der Waals surface area contributed by atoms with Gasteiger partial charge < -0.3 is 10.6 Å². The Morgan fingerprint density at radius 3 is 2.95 bits per heavy atom. The molecule has 116 valence electrons. The highest BCUT2D eigenvalue weighted by Gasteiger charge is 2.17. The number of hydrogen-bond donors (Lipinski definition) is 2. The Morgan fingerprint density at radius 2 is 2.29 bits per heavy atom. The van der Waals surface area contributed by atoms with Gasteiger partial charge in [0, 0.05) is 29.6 Å². The number of thioether (sulfide) groups is 1. The van der Waals surface area contributed by atoms with Crippen molar-refractivity contribution in [1.29, 1.82) is 0 Å². The van der Waals surface area contributed by atoms with E-state index in [4.69, 9.17) is 0 Å². The second-order valence-electron chi connectivity index (χ2n) is 5.40. The molecule has 5 heteroatoms. The molecule has 0 radical (unpaired) electrons. The van der Waals surface area contributed by atoms with E-state index in [0.717, 1.165) is 48.6 Å². The number of nitrogens with one attached hydrogen (secondary N) is 2. The van der Waals surface area contributed by atoms with Crippen LogP contribution >= 0.6 is 11.8 Å². The third-order valence-electron chi connectivity index (χ3n) is 3.55. The Balaban J connectivity index is 2.07. The van der Waals surface area contributed by atoms with Crippen LogP contribution in [0.5, 0.6) is 0 Å². The maximum atomic E-state index is 12.4. The van der Waals surface area contributed by atoms with Crippen LogP contribution in [0.25, 0.3) is 0 Å². The van der Waals surface area contributed by atoms with Crippen molar-refractivity contribution < 1.29 is 4.79 Å². The lowest BCUT2D eigenvalue weighted by Crippen LogP contribution is -2.38. The Labute approximate surface area is 131 Å². The van der Waals surface area contributed by atoms with Crippen molar-refractivity contribution in [3.63, 3.8) is 0 Å². The highest BCUT2D eigenvalue weighted by atomic mass is 32.2. The van der Waals surface area contributed by atoms with Crippen molar-refractivity contribution in [3.8, 4) is 0 Å². The van der Waals surface area contributed by atoms with Crippen LogP contribution in [0.1, 0.15) is 49.2 Å². The minimum absolute atomic E-state index is 0.0270. The summed E-state index contributed by atoms with van der Waals surface area (Å²) in [5.41, 5.74) is 1.68. The fourth-order valence-corrected chi connectivity index (χ4v) is 3.44. The number of nitrogens with zero attached hydrogens (tertiary/aromatic N) is 1. The molecule has 1 unspecified atom stereocenters. The molecule has 1 atom stereocenters. The number of rotatable bonds is 6. The first kappa shape index (κ1) is 16.1. The highest BCUT2D eigenvalue weighted by Crippen LogP contribution is 2.18. The SMILES string of the molecule is CCCNc1cc(C(=O)NC2CCCSC2)cc(CC)n1. The van der Waals surface area contributed by atoms with E-state index in [-0.39, 0.29) is 5.91 Å². The normalized spacial score (nSPS) is 18.3. The van der Waals surface area contributed by atoms with Crippen molar-refractivity contribution >= 4 is 23.5 Å². The van der Waals surface area contributed by atoms with E-state index in [9.17, 15) is 4.79 Å². The van der Waals surface area contributed by atoms with Crippen LogP contribution in [0.3, 0.4) is 0 Å². The smallest absolute Gasteiger partial charge is 0.251 e. The Morgan fingerprint density at radius 1 is 1.43 bits per heavy atom. The fraction of sp³-hybridized carbons (Fsp3) is 0.625. The molecule has 1 fully saturated rings. The first-order valence-corrected chi connectivity index (χ1v) is 9.01. The molecule has 1 aromatic heterocycles. The lowest BCUT2D eigenvalue weighted by atomic mass is 10.1. The minimum Gasteiger partial charge on any atom is -0.370 e. The summed E-state index contributed by atoms with van der Waals surface area (Å²) in [5, 5.41) is 6.43. The van der Waals surface area contributed by atoms with E-state index >= 15 is 0 Å². The molecule has 0 bridgehead atoms. The molecule has 2 N–H and O–H groups in total. The second-order valence-corrected chi connectivity index (χ2v) is 6.55. The third-order valence-corrected chi connectivity index (χ3v) is 4.77. The van der Waals surface area contributed by atoms with Crippen LogP contribution in [0.4, 0.5) is 5.82 Å². The molecule has 0 spiro atoms. The van der Waals surface area contributed by atoms with Crippen LogP contribution in [0, 0.1) is 0 Å². The molecular weight excluding hydrogens is 282 g/mol. The quantitative estimate of drug-likeness (QED) is 0.848. The van der Waals surface area contributed by atoms with E-state index in [1.54, 1.807) is 0 Å². The number of aryl methyl sites for hydroxylation is 1. The Kier molecular flexibility index (Phi) is 6.36. The van der Waals surface area contributed by atoms with E-state index < -0.39 is 0 Å². The first-order valence-electron chi connectivity index (χ1n) is 7.86. The summed E-state index contributed by atoms with van der Waals surface area (Å²) >= 11 is 1.92. The van der Waals surface area contributed by atoms with E-state index in [2.05, 4.69) is 29.5 Å². The summed E-state index contributed by atoms with van der Waals surface area (Å²) in [4.78, 5) is 17.0. The molecule has 0 saturated carbocycles. The molecule has 1 aliphatic heterocycles. The number of aromatic nitrogens is 1. The summed E-state index contributed by atoms with van der Waals surface area (Å²) < 4.78 is 0. The van der Waals surface area contributed by atoms with E-state index in [0.29, 0.717) is 6.04 Å². The van der Waals surface area contributed by atoms with Crippen LogP contribution in [-0.2, 0) is 6.42 Å². The number of carbonyl (C=O) groups excluding carboxylic acids is 1. The van der Waals surface area contributed by atoms with Crippen molar-refractivity contribution in [3.05, 3.63) is 23.4 Å². The lowest BCUT2D eigenvalue weighted by Gasteiger charge is -2.22. The van der Waals surface area contributed by atoms with Gasteiger partial charge in [0.1, 0.15) is 5.82 Å². The number of amides is 1. The van der Waals surface area contributed by atoms with Gasteiger partial charge >= 0.3 is 0 Å².